The van der Waals surface area contributed by atoms with Crippen molar-refractivity contribution in [3.8, 4) is 5.75 Å². The van der Waals surface area contributed by atoms with Crippen molar-refractivity contribution in [2.75, 3.05) is 10.6 Å². The molecule has 2 heterocycles. The highest BCUT2D eigenvalue weighted by Gasteiger charge is 2.11. The first-order chi connectivity index (χ1) is 15.1. The lowest BCUT2D eigenvalue weighted by atomic mass is 10.1. The minimum absolute atomic E-state index is 0.00918. The van der Waals surface area contributed by atoms with E-state index in [1.54, 1.807) is 30.3 Å². The number of carbonyl (C=O) groups is 2. The van der Waals surface area contributed by atoms with Crippen LogP contribution in [0.5, 0.6) is 5.75 Å². The second-order valence-electron chi connectivity index (χ2n) is 6.95. The Labute approximate surface area is 178 Å². The Kier molecular flexibility index (Phi) is 5.75. The standard InChI is InChI=1S/C24H20N4O3/c29-20-8-4-7-17(14-20)23(30)28-22-12-10-19(15-25-22)27-24(31)21-11-9-18(26-21)13-16-5-2-1-3-6-16/h1-12,14-15,26,29H,13H2,(H,27,31)(H,25,28,30). The molecule has 0 saturated heterocycles. The van der Waals surface area contributed by atoms with E-state index in [4.69, 9.17) is 0 Å². The molecule has 4 N–H and O–H groups in total. The number of nitrogens with zero attached hydrogens (tertiary/aromatic N) is 1. The van der Waals surface area contributed by atoms with E-state index in [0.29, 0.717) is 29.2 Å². The van der Waals surface area contributed by atoms with Crippen LogP contribution in [0.4, 0.5) is 11.5 Å². The van der Waals surface area contributed by atoms with Crippen molar-refractivity contribution in [2.24, 2.45) is 0 Å². The van der Waals surface area contributed by atoms with Crippen LogP contribution in [0.2, 0.25) is 0 Å². The Bertz CT molecular complexity index is 1200. The fraction of sp³-hybridized carbons (Fsp3) is 0.0417. The topological polar surface area (TPSA) is 107 Å². The highest BCUT2D eigenvalue weighted by Crippen LogP contribution is 2.15. The summed E-state index contributed by atoms with van der Waals surface area (Å²) in [5, 5.41) is 14.9. The monoisotopic (exact) mass is 412 g/mol. The fourth-order valence-electron chi connectivity index (χ4n) is 3.07. The molecule has 2 aromatic heterocycles. The van der Waals surface area contributed by atoms with Crippen LogP contribution in [0.3, 0.4) is 0 Å². The van der Waals surface area contributed by atoms with Gasteiger partial charge in [0.2, 0.25) is 0 Å². The van der Waals surface area contributed by atoms with Gasteiger partial charge >= 0.3 is 0 Å². The third-order valence-electron chi connectivity index (χ3n) is 4.60. The summed E-state index contributed by atoms with van der Waals surface area (Å²) in [5.41, 5.74) is 3.37. The van der Waals surface area contributed by atoms with Crippen LogP contribution in [-0.2, 0) is 6.42 Å². The molecule has 0 aliphatic heterocycles. The van der Waals surface area contributed by atoms with Crippen LogP contribution in [0.15, 0.2) is 85.1 Å². The van der Waals surface area contributed by atoms with E-state index in [0.717, 1.165) is 11.3 Å². The Morgan fingerprint density at radius 1 is 0.871 bits per heavy atom. The summed E-state index contributed by atoms with van der Waals surface area (Å²) in [6.45, 7) is 0. The Morgan fingerprint density at radius 2 is 1.71 bits per heavy atom. The van der Waals surface area contributed by atoms with Gasteiger partial charge in [0.25, 0.3) is 11.8 Å². The molecule has 7 nitrogen and oxygen atoms in total. The molecule has 0 radical (unpaired) electrons. The van der Waals surface area contributed by atoms with E-state index < -0.39 is 5.91 Å². The average Bonchev–Trinajstić information content (AvgIpc) is 3.24. The molecule has 154 valence electrons. The predicted molar refractivity (Wildman–Crippen MR) is 118 cm³/mol. The molecule has 2 aromatic carbocycles. The minimum atomic E-state index is -0.391. The first kappa shape index (κ1) is 19.9. The second kappa shape index (κ2) is 8.96. The molecule has 0 aliphatic carbocycles. The number of anilines is 2. The van der Waals surface area contributed by atoms with Crippen molar-refractivity contribution < 1.29 is 14.7 Å². The largest absolute Gasteiger partial charge is 0.508 e. The van der Waals surface area contributed by atoms with Crippen LogP contribution in [0.25, 0.3) is 0 Å². The van der Waals surface area contributed by atoms with Crippen molar-refractivity contribution >= 4 is 23.3 Å². The first-order valence-electron chi connectivity index (χ1n) is 9.66. The molecule has 31 heavy (non-hydrogen) atoms. The summed E-state index contributed by atoms with van der Waals surface area (Å²) in [6.07, 6.45) is 2.17. The average molecular weight is 412 g/mol. The van der Waals surface area contributed by atoms with Gasteiger partial charge in [-0.25, -0.2) is 4.98 Å². The smallest absolute Gasteiger partial charge is 0.272 e. The highest BCUT2D eigenvalue weighted by molar-refractivity contribution is 6.04. The van der Waals surface area contributed by atoms with Gasteiger partial charge in [-0.05, 0) is 48.0 Å². The lowest BCUT2D eigenvalue weighted by Gasteiger charge is -2.07. The van der Waals surface area contributed by atoms with Gasteiger partial charge in [0.15, 0.2) is 0 Å². The lowest BCUT2D eigenvalue weighted by Crippen LogP contribution is -2.14. The third-order valence-corrected chi connectivity index (χ3v) is 4.60. The van der Waals surface area contributed by atoms with Crippen LogP contribution in [-0.4, -0.2) is 26.9 Å². The number of hydrogen-bond donors (Lipinski definition) is 4. The van der Waals surface area contributed by atoms with E-state index in [-0.39, 0.29) is 11.7 Å². The maximum absolute atomic E-state index is 12.5. The number of amides is 2. The van der Waals surface area contributed by atoms with Gasteiger partial charge in [-0.2, -0.15) is 0 Å². The van der Waals surface area contributed by atoms with Crippen molar-refractivity contribution in [3.05, 3.63) is 108 Å². The van der Waals surface area contributed by atoms with Gasteiger partial charge in [-0.15, -0.1) is 0 Å². The Morgan fingerprint density at radius 3 is 2.45 bits per heavy atom. The molecule has 0 saturated carbocycles. The third kappa shape index (κ3) is 5.16. The number of aromatic nitrogens is 2. The van der Waals surface area contributed by atoms with Crippen molar-refractivity contribution in [2.45, 2.75) is 6.42 Å². The fourth-order valence-corrected chi connectivity index (χ4v) is 3.07. The van der Waals surface area contributed by atoms with Crippen LogP contribution >= 0.6 is 0 Å². The zero-order valence-electron chi connectivity index (χ0n) is 16.5. The Balaban J connectivity index is 1.35. The number of pyridine rings is 1. The highest BCUT2D eigenvalue weighted by atomic mass is 16.3. The van der Waals surface area contributed by atoms with E-state index >= 15 is 0 Å². The molecule has 2 amide bonds. The van der Waals surface area contributed by atoms with Gasteiger partial charge in [0.1, 0.15) is 17.3 Å². The normalized spacial score (nSPS) is 10.5. The van der Waals surface area contributed by atoms with Crippen LogP contribution in [0.1, 0.15) is 32.1 Å². The van der Waals surface area contributed by atoms with Gasteiger partial charge < -0.3 is 20.7 Å². The molecule has 4 aromatic rings. The van der Waals surface area contributed by atoms with Gasteiger partial charge in [0.05, 0.1) is 11.9 Å². The SMILES string of the molecule is O=C(Nc1ccc(NC(=O)c2ccc(Cc3ccccc3)[nH]2)cn1)c1cccc(O)c1. The summed E-state index contributed by atoms with van der Waals surface area (Å²) in [5.74, 6) is -0.332. The van der Waals surface area contributed by atoms with Crippen molar-refractivity contribution in [1.82, 2.24) is 9.97 Å². The zero-order chi connectivity index (χ0) is 21.6. The maximum Gasteiger partial charge on any atom is 0.272 e. The number of nitrogens with one attached hydrogen (secondary N) is 3. The Hall–Kier alpha value is -4.39. The molecular weight excluding hydrogens is 392 g/mol. The number of aromatic hydroxyl groups is 1. The second-order valence-corrected chi connectivity index (χ2v) is 6.95. The minimum Gasteiger partial charge on any atom is -0.508 e. The van der Waals surface area contributed by atoms with Gasteiger partial charge in [0, 0.05) is 17.7 Å². The van der Waals surface area contributed by atoms with E-state index in [1.807, 2.05) is 36.4 Å². The number of phenolic OH excluding ortho intramolecular Hbond substituents is 1. The summed E-state index contributed by atoms with van der Waals surface area (Å²) < 4.78 is 0. The molecule has 0 unspecified atom stereocenters. The van der Waals surface area contributed by atoms with Crippen LogP contribution in [0, 0.1) is 0 Å². The number of aromatic amines is 1. The number of carbonyl (C=O) groups excluding carboxylic acids is 2. The summed E-state index contributed by atoms with van der Waals surface area (Å²) >= 11 is 0. The lowest BCUT2D eigenvalue weighted by molar-refractivity contribution is 0.101. The molecular formula is C24H20N4O3. The van der Waals surface area contributed by atoms with E-state index in [1.165, 1.54) is 18.3 Å². The molecule has 0 aliphatic rings. The molecule has 0 atom stereocenters. The van der Waals surface area contributed by atoms with Crippen LogP contribution < -0.4 is 10.6 Å². The zero-order valence-corrected chi connectivity index (χ0v) is 16.5. The number of hydrogen-bond acceptors (Lipinski definition) is 4. The maximum atomic E-state index is 12.5. The molecule has 0 spiro atoms. The first-order valence-corrected chi connectivity index (χ1v) is 9.66. The molecule has 4 rings (SSSR count). The van der Waals surface area contributed by atoms with Gasteiger partial charge in [-0.1, -0.05) is 36.4 Å². The predicted octanol–water partition coefficient (Wildman–Crippen LogP) is 4.21. The van der Waals surface area contributed by atoms with E-state index in [9.17, 15) is 14.7 Å². The van der Waals surface area contributed by atoms with E-state index in [2.05, 4.69) is 20.6 Å². The summed E-state index contributed by atoms with van der Waals surface area (Å²) in [7, 11) is 0. The quantitative estimate of drug-likeness (QED) is 0.380. The van der Waals surface area contributed by atoms with Crippen molar-refractivity contribution in [1.29, 1.82) is 0 Å². The number of rotatable bonds is 6. The number of H-pyrrole nitrogens is 1. The summed E-state index contributed by atoms with van der Waals surface area (Å²) in [4.78, 5) is 32.0. The van der Waals surface area contributed by atoms with Gasteiger partial charge in [-0.3, -0.25) is 9.59 Å². The molecule has 0 fully saturated rings. The number of phenols is 1. The number of benzene rings is 2. The summed E-state index contributed by atoms with van der Waals surface area (Å²) in [6, 6.07) is 22.9. The van der Waals surface area contributed by atoms with Crippen molar-refractivity contribution in [3.63, 3.8) is 0 Å². The molecule has 0 bridgehead atoms. The molecule has 7 heteroatoms.